The molecule has 0 aliphatic heterocycles. The van der Waals surface area contributed by atoms with Gasteiger partial charge in [0.2, 0.25) is 0 Å². The van der Waals surface area contributed by atoms with E-state index in [4.69, 9.17) is 0 Å². The summed E-state index contributed by atoms with van der Waals surface area (Å²) in [7, 11) is 0. The predicted molar refractivity (Wildman–Crippen MR) is 38.3 cm³/mol. The molecule has 0 saturated heterocycles. The van der Waals surface area contributed by atoms with Crippen molar-refractivity contribution < 1.29 is 0 Å². The number of hydrogen-bond donors (Lipinski definition) is 0. The summed E-state index contributed by atoms with van der Waals surface area (Å²) in [5.41, 5.74) is 0. The standard InChI is InChI=1S/C7H12S/c1-2-6(3-1)8-7-4-5-7/h6-7H,1-5H2. The van der Waals surface area contributed by atoms with Crippen molar-refractivity contribution in [2.45, 2.75) is 42.6 Å². The van der Waals surface area contributed by atoms with Crippen molar-refractivity contribution in [1.29, 1.82) is 0 Å². The van der Waals surface area contributed by atoms with Crippen molar-refractivity contribution in [3.05, 3.63) is 0 Å². The molecule has 0 heterocycles. The molecule has 0 aromatic carbocycles. The first-order chi connectivity index (χ1) is 3.95. The van der Waals surface area contributed by atoms with Crippen LogP contribution in [0.1, 0.15) is 32.1 Å². The molecule has 2 saturated carbocycles. The molecule has 0 aromatic heterocycles. The second-order valence-corrected chi connectivity index (χ2v) is 4.49. The van der Waals surface area contributed by atoms with E-state index in [2.05, 4.69) is 11.8 Å². The zero-order chi connectivity index (χ0) is 5.40. The molecule has 2 fully saturated rings. The fraction of sp³-hybridized carbons (Fsp3) is 1.00. The Kier molecular flexibility index (Phi) is 1.25. The molecule has 2 rings (SSSR count). The zero-order valence-electron chi connectivity index (χ0n) is 5.10. The van der Waals surface area contributed by atoms with Crippen LogP contribution in [0.2, 0.25) is 0 Å². The topological polar surface area (TPSA) is 0 Å². The lowest BCUT2D eigenvalue weighted by molar-refractivity contribution is 0.522. The summed E-state index contributed by atoms with van der Waals surface area (Å²) in [4.78, 5) is 0. The van der Waals surface area contributed by atoms with E-state index < -0.39 is 0 Å². The first kappa shape index (κ1) is 5.16. The number of hydrogen-bond acceptors (Lipinski definition) is 1. The van der Waals surface area contributed by atoms with E-state index in [0.29, 0.717) is 0 Å². The first-order valence-electron chi connectivity index (χ1n) is 3.60. The van der Waals surface area contributed by atoms with Crippen LogP contribution in [0, 0.1) is 0 Å². The highest BCUT2D eigenvalue weighted by atomic mass is 32.2. The SMILES string of the molecule is C1CC(SC2CC2)C1. The Hall–Kier alpha value is 0.350. The van der Waals surface area contributed by atoms with Crippen molar-refractivity contribution in [2.24, 2.45) is 0 Å². The second kappa shape index (κ2) is 1.94. The van der Waals surface area contributed by atoms with Crippen LogP contribution in [-0.4, -0.2) is 10.5 Å². The Morgan fingerprint density at radius 1 is 0.875 bits per heavy atom. The van der Waals surface area contributed by atoms with Gasteiger partial charge in [0.05, 0.1) is 0 Å². The van der Waals surface area contributed by atoms with Crippen LogP contribution in [0.25, 0.3) is 0 Å². The number of thioether (sulfide) groups is 1. The van der Waals surface area contributed by atoms with Crippen molar-refractivity contribution in [3.8, 4) is 0 Å². The van der Waals surface area contributed by atoms with Crippen molar-refractivity contribution in [3.63, 3.8) is 0 Å². The van der Waals surface area contributed by atoms with E-state index in [1.807, 2.05) is 0 Å². The van der Waals surface area contributed by atoms with Crippen molar-refractivity contribution >= 4 is 11.8 Å². The summed E-state index contributed by atoms with van der Waals surface area (Å²) >= 11 is 2.25. The minimum absolute atomic E-state index is 1.09. The minimum atomic E-state index is 1.09. The Labute approximate surface area is 55.0 Å². The average molecular weight is 128 g/mol. The normalized spacial score (nSPS) is 30.0. The molecule has 0 atom stereocenters. The van der Waals surface area contributed by atoms with Crippen LogP contribution >= 0.6 is 11.8 Å². The Morgan fingerprint density at radius 3 is 1.88 bits per heavy atom. The first-order valence-corrected chi connectivity index (χ1v) is 4.55. The van der Waals surface area contributed by atoms with Gasteiger partial charge in [-0.2, -0.15) is 11.8 Å². The minimum Gasteiger partial charge on any atom is -0.155 e. The van der Waals surface area contributed by atoms with E-state index in [-0.39, 0.29) is 0 Å². The van der Waals surface area contributed by atoms with Gasteiger partial charge < -0.3 is 0 Å². The quantitative estimate of drug-likeness (QED) is 0.550. The van der Waals surface area contributed by atoms with E-state index >= 15 is 0 Å². The van der Waals surface area contributed by atoms with Gasteiger partial charge in [0.25, 0.3) is 0 Å². The lowest BCUT2D eigenvalue weighted by Gasteiger charge is -2.24. The van der Waals surface area contributed by atoms with Gasteiger partial charge >= 0.3 is 0 Å². The summed E-state index contributed by atoms with van der Waals surface area (Å²) in [6, 6.07) is 0. The third-order valence-electron chi connectivity index (χ3n) is 1.96. The highest BCUT2D eigenvalue weighted by molar-refractivity contribution is 8.00. The molecule has 0 N–H and O–H groups in total. The average Bonchev–Trinajstić information content (AvgIpc) is 2.36. The predicted octanol–water partition coefficient (Wildman–Crippen LogP) is 2.43. The molecule has 2 aliphatic rings. The third-order valence-corrected chi connectivity index (χ3v) is 3.67. The van der Waals surface area contributed by atoms with Gasteiger partial charge in [-0.05, 0) is 25.7 Å². The fourth-order valence-electron chi connectivity index (χ4n) is 0.983. The third kappa shape index (κ3) is 1.02. The van der Waals surface area contributed by atoms with Gasteiger partial charge in [-0.15, -0.1) is 0 Å². The van der Waals surface area contributed by atoms with Crippen molar-refractivity contribution in [1.82, 2.24) is 0 Å². The van der Waals surface area contributed by atoms with Crippen molar-refractivity contribution in [2.75, 3.05) is 0 Å². The maximum atomic E-state index is 2.25. The van der Waals surface area contributed by atoms with Crippen LogP contribution in [0.3, 0.4) is 0 Å². The van der Waals surface area contributed by atoms with E-state index in [0.717, 1.165) is 10.5 Å². The highest BCUT2D eigenvalue weighted by Gasteiger charge is 2.28. The monoisotopic (exact) mass is 128 g/mol. The smallest absolute Gasteiger partial charge is 0.00506 e. The molecule has 2 aliphatic carbocycles. The Morgan fingerprint density at radius 2 is 1.50 bits per heavy atom. The van der Waals surface area contributed by atoms with Gasteiger partial charge in [-0.3, -0.25) is 0 Å². The maximum absolute atomic E-state index is 2.25. The van der Waals surface area contributed by atoms with Crippen LogP contribution in [0.5, 0.6) is 0 Å². The van der Waals surface area contributed by atoms with E-state index in [1.54, 1.807) is 0 Å². The van der Waals surface area contributed by atoms with Crippen LogP contribution in [0.15, 0.2) is 0 Å². The lowest BCUT2D eigenvalue weighted by Crippen LogP contribution is -2.13. The molecule has 8 heavy (non-hydrogen) atoms. The molecule has 0 bridgehead atoms. The Bertz CT molecular complexity index is 82.4. The molecule has 0 nitrogen and oxygen atoms in total. The van der Waals surface area contributed by atoms with Gasteiger partial charge in [-0.25, -0.2) is 0 Å². The maximum Gasteiger partial charge on any atom is 0.00506 e. The molecule has 0 radical (unpaired) electrons. The summed E-state index contributed by atoms with van der Waals surface area (Å²) in [6.07, 6.45) is 7.56. The van der Waals surface area contributed by atoms with Crippen LogP contribution in [-0.2, 0) is 0 Å². The molecule has 0 aromatic rings. The van der Waals surface area contributed by atoms with E-state index in [1.165, 1.54) is 32.1 Å². The molecule has 46 valence electrons. The summed E-state index contributed by atoms with van der Waals surface area (Å²) in [6.45, 7) is 0. The van der Waals surface area contributed by atoms with Crippen LogP contribution in [0.4, 0.5) is 0 Å². The van der Waals surface area contributed by atoms with Gasteiger partial charge in [0, 0.05) is 10.5 Å². The number of rotatable bonds is 2. The summed E-state index contributed by atoms with van der Waals surface area (Å²) < 4.78 is 0. The lowest BCUT2D eigenvalue weighted by atomic mass is 10.0. The second-order valence-electron chi connectivity index (χ2n) is 2.89. The highest BCUT2D eigenvalue weighted by Crippen LogP contribution is 2.43. The molecule has 0 unspecified atom stereocenters. The largest absolute Gasteiger partial charge is 0.155 e. The van der Waals surface area contributed by atoms with Crippen LogP contribution < -0.4 is 0 Å². The van der Waals surface area contributed by atoms with E-state index in [9.17, 15) is 0 Å². The fourth-order valence-corrected chi connectivity index (χ4v) is 2.54. The molecular weight excluding hydrogens is 116 g/mol. The molecule has 0 spiro atoms. The van der Waals surface area contributed by atoms with Gasteiger partial charge in [-0.1, -0.05) is 6.42 Å². The summed E-state index contributed by atoms with van der Waals surface area (Å²) in [5, 5.41) is 2.18. The summed E-state index contributed by atoms with van der Waals surface area (Å²) in [5.74, 6) is 0. The Balaban J connectivity index is 1.66. The molecule has 0 amide bonds. The van der Waals surface area contributed by atoms with Gasteiger partial charge in [0.1, 0.15) is 0 Å². The zero-order valence-corrected chi connectivity index (χ0v) is 5.91. The van der Waals surface area contributed by atoms with Gasteiger partial charge in [0.15, 0.2) is 0 Å². The molecule has 1 heteroatoms. The molecular formula is C7H12S.